The lowest BCUT2D eigenvalue weighted by molar-refractivity contribution is 0.160. The van der Waals surface area contributed by atoms with E-state index in [4.69, 9.17) is 4.74 Å². The molecule has 0 amide bonds. The number of methoxy groups -OCH3 is 1. The van der Waals surface area contributed by atoms with Crippen molar-refractivity contribution in [2.24, 2.45) is 5.92 Å². The molecule has 0 aromatic heterocycles. The van der Waals surface area contributed by atoms with Crippen molar-refractivity contribution in [3.63, 3.8) is 0 Å². The second-order valence-corrected chi connectivity index (χ2v) is 6.12. The van der Waals surface area contributed by atoms with Gasteiger partial charge < -0.3 is 15.0 Å². The first-order chi connectivity index (χ1) is 10.3. The minimum absolute atomic E-state index is 0.738. The van der Waals surface area contributed by atoms with Gasteiger partial charge in [-0.05, 0) is 24.6 Å². The van der Waals surface area contributed by atoms with Gasteiger partial charge >= 0.3 is 0 Å². The van der Waals surface area contributed by atoms with E-state index in [0.29, 0.717) is 0 Å². The molecule has 2 saturated heterocycles. The lowest BCUT2D eigenvalue weighted by Gasteiger charge is -2.40. The number of rotatable bonds is 4. The molecule has 116 valence electrons. The van der Waals surface area contributed by atoms with Crippen LogP contribution in [-0.2, 0) is 0 Å². The quantitative estimate of drug-likeness (QED) is 0.915. The van der Waals surface area contributed by atoms with Gasteiger partial charge in [0.05, 0.1) is 7.11 Å². The molecule has 1 aromatic carbocycles. The van der Waals surface area contributed by atoms with Crippen LogP contribution in [0.4, 0.5) is 5.69 Å². The Balaban J connectivity index is 1.59. The molecule has 21 heavy (non-hydrogen) atoms. The first kappa shape index (κ1) is 14.7. The zero-order valence-electron chi connectivity index (χ0n) is 13.2. The standard InChI is InChI=1S/C17H27N3O/c1-3-14-12-18-13-17(14)20-9-7-19(8-10-20)15-5-4-6-16(11-15)21-2/h4-6,11,14,17-18H,3,7-10,12-13H2,1-2H3. The fraction of sp³-hybridized carbons (Fsp3) is 0.647. The third-order valence-corrected chi connectivity index (χ3v) is 5.03. The van der Waals surface area contributed by atoms with Crippen molar-refractivity contribution >= 4 is 5.69 Å². The highest BCUT2D eigenvalue weighted by molar-refractivity contribution is 5.51. The largest absolute Gasteiger partial charge is 0.497 e. The van der Waals surface area contributed by atoms with Gasteiger partial charge in [0.15, 0.2) is 0 Å². The number of ether oxygens (including phenoxy) is 1. The smallest absolute Gasteiger partial charge is 0.120 e. The van der Waals surface area contributed by atoms with Crippen molar-refractivity contribution in [2.75, 3.05) is 51.3 Å². The zero-order chi connectivity index (χ0) is 14.7. The molecule has 2 heterocycles. The molecule has 0 radical (unpaired) electrons. The van der Waals surface area contributed by atoms with E-state index in [1.165, 1.54) is 31.7 Å². The molecule has 2 aliphatic rings. The molecule has 4 heteroatoms. The van der Waals surface area contributed by atoms with Crippen molar-refractivity contribution < 1.29 is 4.74 Å². The summed E-state index contributed by atoms with van der Waals surface area (Å²) in [6.45, 7) is 9.23. The van der Waals surface area contributed by atoms with Crippen LogP contribution in [0.15, 0.2) is 24.3 Å². The van der Waals surface area contributed by atoms with Crippen LogP contribution in [0.2, 0.25) is 0 Å². The Bertz CT molecular complexity index is 457. The molecule has 0 saturated carbocycles. The Morgan fingerprint density at radius 3 is 2.71 bits per heavy atom. The Labute approximate surface area is 128 Å². The van der Waals surface area contributed by atoms with E-state index in [1.807, 2.05) is 6.07 Å². The van der Waals surface area contributed by atoms with Gasteiger partial charge in [0, 0.05) is 50.5 Å². The Morgan fingerprint density at radius 1 is 1.19 bits per heavy atom. The Kier molecular flexibility index (Phi) is 4.66. The summed E-state index contributed by atoms with van der Waals surface area (Å²) in [6.07, 6.45) is 1.29. The van der Waals surface area contributed by atoms with E-state index < -0.39 is 0 Å². The van der Waals surface area contributed by atoms with Gasteiger partial charge in [0.2, 0.25) is 0 Å². The molecule has 1 aromatic rings. The highest BCUT2D eigenvalue weighted by atomic mass is 16.5. The summed E-state index contributed by atoms with van der Waals surface area (Å²) in [5.74, 6) is 1.77. The first-order valence-electron chi connectivity index (χ1n) is 8.15. The van der Waals surface area contributed by atoms with E-state index in [2.05, 4.69) is 40.2 Å². The predicted octanol–water partition coefficient (Wildman–Crippen LogP) is 1.82. The summed E-state index contributed by atoms with van der Waals surface area (Å²) in [5, 5.41) is 3.56. The molecule has 0 bridgehead atoms. The number of nitrogens with zero attached hydrogens (tertiary/aromatic N) is 2. The second-order valence-electron chi connectivity index (χ2n) is 6.12. The van der Waals surface area contributed by atoms with Crippen LogP contribution in [0, 0.1) is 5.92 Å². The molecule has 2 fully saturated rings. The Hall–Kier alpha value is -1.26. The van der Waals surface area contributed by atoms with Crippen molar-refractivity contribution in [1.82, 2.24) is 10.2 Å². The van der Waals surface area contributed by atoms with Crippen LogP contribution in [0.1, 0.15) is 13.3 Å². The minimum atomic E-state index is 0.738. The Morgan fingerprint density at radius 2 is 2.00 bits per heavy atom. The molecule has 1 N–H and O–H groups in total. The molecule has 4 nitrogen and oxygen atoms in total. The van der Waals surface area contributed by atoms with Crippen LogP contribution in [-0.4, -0.2) is 57.3 Å². The van der Waals surface area contributed by atoms with Crippen molar-refractivity contribution in [2.45, 2.75) is 19.4 Å². The van der Waals surface area contributed by atoms with Gasteiger partial charge in [-0.3, -0.25) is 4.90 Å². The fourth-order valence-corrected chi connectivity index (χ4v) is 3.68. The summed E-state index contributed by atoms with van der Waals surface area (Å²) >= 11 is 0. The fourth-order valence-electron chi connectivity index (χ4n) is 3.68. The van der Waals surface area contributed by atoms with Crippen LogP contribution in [0.3, 0.4) is 0 Å². The maximum Gasteiger partial charge on any atom is 0.120 e. The third-order valence-electron chi connectivity index (χ3n) is 5.03. The average Bonchev–Trinajstić information content (AvgIpc) is 3.03. The molecule has 3 rings (SSSR count). The molecule has 2 atom stereocenters. The molecular formula is C17H27N3O. The number of hydrogen-bond donors (Lipinski definition) is 1. The van der Waals surface area contributed by atoms with Crippen molar-refractivity contribution in [3.8, 4) is 5.75 Å². The summed E-state index contributed by atoms with van der Waals surface area (Å²) < 4.78 is 5.33. The van der Waals surface area contributed by atoms with Gasteiger partial charge in [0.1, 0.15) is 5.75 Å². The van der Waals surface area contributed by atoms with Gasteiger partial charge in [-0.15, -0.1) is 0 Å². The lowest BCUT2D eigenvalue weighted by Crippen LogP contribution is -2.52. The molecule has 2 aliphatic heterocycles. The van der Waals surface area contributed by atoms with E-state index in [0.717, 1.165) is 37.3 Å². The molecule has 0 spiro atoms. The van der Waals surface area contributed by atoms with Crippen LogP contribution >= 0.6 is 0 Å². The van der Waals surface area contributed by atoms with E-state index in [1.54, 1.807) is 7.11 Å². The highest BCUT2D eigenvalue weighted by Crippen LogP contribution is 2.25. The maximum atomic E-state index is 5.33. The number of anilines is 1. The van der Waals surface area contributed by atoms with E-state index in [9.17, 15) is 0 Å². The van der Waals surface area contributed by atoms with Crippen molar-refractivity contribution in [3.05, 3.63) is 24.3 Å². The number of hydrogen-bond acceptors (Lipinski definition) is 4. The summed E-state index contributed by atoms with van der Waals surface area (Å²) in [6, 6.07) is 9.15. The monoisotopic (exact) mass is 289 g/mol. The highest BCUT2D eigenvalue weighted by Gasteiger charge is 2.32. The van der Waals surface area contributed by atoms with Gasteiger partial charge in [-0.1, -0.05) is 19.4 Å². The maximum absolute atomic E-state index is 5.33. The normalized spacial score (nSPS) is 27.0. The second kappa shape index (κ2) is 6.67. The van der Waals surface area contributed by atoms with Crippen LogP contribution in [0.25, 0.3) is 0 Å². The van der Waals surface area contributed by atoms with Gasteiger partial charge in [-0.2, -0.15) is 0 Å². The first-order valence-corrected chi connectivity index (χ1v) is 8.15. The zero-order valence-corrected chi connectivity index (χ0v) is 13.2. The minimum Gasteiger partial charge on any atom is -0.497 e. The SMILES string of the molecule is CCC1CNCC1N1CCN(c2cccc(OC)c2)CC1. The van der Waals surface area contributed by atoms with Crippen molar-refractivity contribution in [1.29, 1.82) is 0 Å². The number of nitrogens with one attached hydrogen (secondary N) is 1. The molecular weight excluding hydrogens is 262 g/mol. The molecule has 2 unspecified atom stereocenters. The summed E-state index contributed by atoms with van der Waals surface area (Å²) in [7, 11) is 1.73. The summed E-state index contributed by atoms with van der Waals surface area (Å²) in [4.78, 5) is 5.16. The predicted molar refractivity (Wildman–Crippen MR) is 87.2 cm³/mol. The lowest BCUT2D eigenvalue weighted by atomic mass is 9.98. The van der Waals surface area contributed by atoms with E-state index in [-0.39, 0.29) is 0 Å². The topological polar surface area (TPSA) is 27.7 Å². The summed E-state index contributed by atoms with van der Waals surface area (Å²) in [5.41, 5.74) is 1.28. The van der Waals surface area contributed by atoms with Crippen LogP contribution in [0.5, 0.6) is 5.75 Å². The molecule has 0 aliphatic carbocycles. The number of piperazine rings is 1. The number of benzene rings is 1. The average molecular weight is 289 g/mol. The van der Waals surface area contributed by atoms with E-state index >= 15 is 0 Å². The third kappa shape index (κ3) is 3.16. The van der Waals surface area contributed by atoms with Gasteiger partial charge in [0.25, 0.3) is 0 Å². The van der Waals surface area contributed by atoms with Crippen LogP contribution < -0.4 is 15.0 Å². The van der Waals surface area contributed by atoms with Gasteiger partial charge in [-0.25, -0.2) is 0 Å².